The molecule has 0 unspecified atom stereocenters. The van der Waals surface area contributed by atoms with Crippen LogP contribution >= 0.6 is 11.3 Å². The number of nitrogens with zero attached hydrogens (tertiary/aromatic N) is 3. The molecule has 4 aromatic rings. The van der Waals surface area contributed by atoms with Crippen LogP contribution in [0.1, 0.15) is 21.5 Å². The van der Waals surface area contributed by atoms with E-state index in [9.17, 15) is 17.6 Å². The third-order valence-electron chi connectivity index (χ3n) is 5.01. The smallest absolute Gasteiger partial charge is 0.257 e. The fraction of sp³-hybridized carbons (Fsp3) is 0.125. The lowest BCUT2D eigenvalue weighted by Crippen LogP contribution is -2.30. The molecule has 34 heavy (non-hydrogen) atoms. The van der Waals surface area contributed by atoms with Gasteiger partial charge in [0.05, 0.1) is 18.5 Å². The van der Waals surface area contributed by atoms with Crippen LogP contribution in [-0.4, -0.2) is 30.8 Å². The first kappa shape index (κ1) is 23.5. The number of nitrogens with one attached hydrogen (secondary N) is 1. The maximum Gasteiger partial charge on any atom is 0.257 e. The lowest BCUT2D eigenvalue weighted by Gasteiger charge is -2.23. The molecular formula is C24H21FN4O3S2. The lowest BCUT2D eigenvalue weighted by molar-refractivity contribution is 0.102. The van der Waals surface area contributed by atoms with Gasteiger partial charge in [-0.25, -0.2) is 12.8 Å². The summed E-state index contributed by atoms with van der Waals surface area (Å²) in [5, 5.41) is 12.0. The third kappa shape index (κ3) is 5.46. The SMILES string of the molecule is Cc1ccc(-c2nnc(NC(=O)c3ccc(CN(c4ccccc4F)S(C)(=O)=O)cc3)s2)cc1. The number of aryl methyl sites for hydroxylation is 1. The van der Waals surface area contributed by atoms with Crippen LogP contribution in [0, 0.1) is 12.7 Å². The van der Waals surface area contributed by atoms with Gasteiger partial charge in [0, 0.05) is 11.1 Å². The van der Waals surface area contributed by atoms with Gasteiger partial charge in [0.2, 0.25) is 15.2 Å². The van der Waals surface area contributed by atoms with Crippen molar-refractivity contribution in [1.29, 1.82) is 0 Å². The van der Waals surface area contributed by atoms with Crippen molar-refractivity contribution in [3.63, 3.8) is 0 Å². The first-order valence-electron chi connectivity index (χ1n) is 10.2. The number of halogens is 1. The van der Waals surface area contributed by atoms with Gasteiger partial charge >= 0.3 is 0 Å². The molecule has 10 heteroatoms. The summed E-state index contributed by atoms with van der Waals surface area (Å²) in [6, 6.07) is 19.9. The van der Waals surface area contributed by atoms with Crippen molar-refractivity contribution >= 4 is 38.1 Å². The van der Waals surface area contributed by atoms with Crippen LogP contribution < -0.4 is 9.62 Å². The van der Waals surface area contributed by atoms with Gasteiger partial charge < -0.3 is 0 Å². The van der Waals surface area contributed by atoms with Crippen LogP contribution in [0.15, 0.2) is 72.8 Å². The first-order chi connectivity index (χ1) is 16.2. The van der Waals surface area contributed by atoms with Gasteiger partial charge in [-0.1, -0.05) is 65.4 Å². The van der Waals surface area contributed by atoms with Crippen LogP contribution in [0.4, 0.5) is 15.2 Å². The normalized spacial score (nSPS) is 11.3. The summed E-state index contributed by atoms with van der Waals surface area (Å²) < 4.78 is 39.7. The maximum atomic E-state index is 14.2. The highest BCUT2D eigenvalue weighted by Gasteiger charge is 2.21. The molecule has 0 saturated carbocycles. The predicted molar refractivity (Wildman–Crippen MR) is 132 cm³/mol. The van der Waals surface area contributed by atoms with Crippen molar-refractivity contribution in [2.75, 3.05) is 15.9 Å². The molecule has 0 bridgehead atoms. The number of hydrogen-bond acceptors (Lipinski definition) is 6. The van der Waals surface area contributed by atoms with E-state index in [1.54, 1.807) is 30.3 Å². The Morgan fingerprint density at radius 3 is 2.32 bits per heavy atom. The van der Waals surface area contributed by atoms with Crippen LogP contribution in [0.3, 0.4) is 0 Å². The number of anilines is 2. The third-order valence-corrected chi connectivity index (χ3v) is 7.02. The van der Waals surface area contributed by atoms with Crippen molar-refractivity contribution < 1.29 is 17.6 Å². The molecule has 0 fully saturated rings. The van der Waals surface area contributed by atoms with Crippen LogP contribution in [0.25, 0.3) is 10.6 Å². The van der Waals surface area contributed by atoms with Crippen molar-refractivity contribution in [3.05, 3.63) is 95.3 Å². The Kier molecular flexibility index (Phi) is 6.71. The van der Waals surface area contributed by atoms with Crippen LogP contribution in [-0.2, 0) is 16.6 Å². The van der Waals surface area contributed by atoms with Crippen LogP contribution in [0.2, 0.25) is 0 Å². The second-order valence-electron chi connectivity index (χ2n) is 7.65. The molecule has 0 saturated heterocycles. The van der Waals surface area contributed by atoms with Gasteiger partial charge in [0.1, 0.15) is 10.8 Å². The average Bonchev–Trinajstić information content (AvgIpc) is 3.26. The Morgan fingerprint density at radius 1 is 1.00 bits per heavy atom. The summed E-state index contributed by atoms with van der Waals surface area (Å²) in [7, 11) is -3.73. The Bertz CT molecular complexity index is 1420. The Balaban J connectivity index is 1.46. The van der Waals surface area contributed by atoms with Gasteiger partial charge in [-0.3, -0.25) is 14.4 Å². The first-order valence-corrected chi connectivity index (χ1v) is 12.9. The molecule has 4 rings (SSSR count). The molecule has 1 amide bonds. The molecule has 7 nitrogen and oxygen atoms in total. The summed E-state index contributed by atoms with van der Waals surface area (Å²) in [5.41, 5.74) is 2.99. The van der Waals surface area contributed by atoms with Gasteiger partial charge in [-0.15, -0.1) is 10.2 Å². The van der Waals surface area contributed by atoms with Gasteiger partial charge in [-0.2, -0.15) is 0 Å². The van der Waals surface area contributed by atoms with E-state index >= 15 is 0 Å². The van der Waals surface area contributed by atoms with Crippen molar-refractivity contribution in [2.45, 2.75) is 13.5 Å². The van der Waals surface area contributed by atoms with Gasteiger partial charge in [-0.05, 0) is 36.8 Å². The summed E-state index contributed by atoms with van der Waals surface area (Å²) in [4.78, 5) is 12.6. The summed E-state index contributed by atoms with van der Waals surface area (Å²) in [6.45, 7) is 1.93. The fourth-order valence-corrected chi connectivity index (χ4v) is 4.85. The van der Waals surface area contributed by atoms with E-state index in [2.05, 4.69) is 15.5 Å². The monoisotopic (exact) mass is 496 g/mol. The van der Waals surface area contributed by atoms with E-state index in [0.717, 1.165) is 21.7 Å². The Hall–Kier alpha value is -3.63. The van der Waals surface area contributed by atoms with E-state index in [4.69, 9.17) is 0 Å². The highest BCUT2D eigenvalue weighted by Crippen LogP contribution is 2.27. The van der Waals surface area contributed by atoms with Crippen molar-refractivity contribution in [2.24, 2.45) is 0 Å². The number of hydrogen-bond donors (Lipinski definition) is 1. The number of rotatable bonds is 7. The molecule has 0 spiro atoms. The molecule has 0 atom stereocenters. The standard InChI is InChI=1S/C24H21FN4O3S2/c1-16-7-11-19(12-8-16)23-27-28-24(33-23)26-22(30)18-13-9-17(10-14-18)15-29(34(2,31)32)21-6-4-3-5-20(21)25/h3-14H,15H2,1-2H3,(H,26,28,30). The number of carbonyl (C=O) groups excluding carboxylic acids is 1. The van der Waals surface area contributed by atoms with E-state index in [1.165, 1.54) is 29.5 Å². The zero-order valence-electron chi connectivity index (χ0n) is 18.4. The van der Waals surface area contributed by atoms with E-state index in [1.807, 2.05) is 31.2 Å². The highest BCUT2D eigenvalue weighted by atomic mass is 32.2. The number of para-hydroxylation sites is 1. The molecule has 0 aliphatic rings. The van der Waals surface area contributed by atoms with E-state index in [0.29, 0.717) is 21.3 Å². The summed E-state index contributed by atoms with van der Waals surface area (Å²) in [5.74, 6) is -1.00. The Labute approximate surface area is 201 Å². The maximum absolute atomic E-state index is 14.2. The number of aromatic nitrogens is 2. The molecule has 1 aromatic heterocycles. The second kappa shape index (κ2) is 9.70. The minimum Gasteiger partial charge on any atom is -0.296 e. The Morgan fingerprint density at radius 2 is 1.68 bits per heavy atom. The number of amides is 1. The number of benzene rings is 3. The topological polar surface area (TPSA) is 92.3 Å². The minimum absolute atomic E-state index is 0.0347. The van der Waals surface area contributed by atoms with Gasteiger partial charge in [0.15, 0.2) is 0 Å². The molecule has 0 radical (unpaired) electrons. The second-order valence-corrected chi connectivity index (χ2v) is 10.5. The fourth-order valence-electron chi connectivity index (χ4n) is 3.22. The molecular weight excluding hydrogens is 475 g/mol. The zero-order valence-corrected chi connectivity index (χ0v) is 20.0. The molecule has 0 aliphatic carbocycles. The molecule has 1 heterocycles. The van der Waals surface area contributed by atoms with Gasteiger partial charge in [0.25, 0.3) is 5.91 Å². The molecule has 1 N–H and O–H groups in total. The highest BCUT2D eigenvalue weighted by molar-refractivity contribution is 7.92. The van der Waals surface area contributed by atoms with E-state index < -0.39 is 15.8 Å². The molecule has 3 aromatic carbocycles. The van der Waals surface area contributed by atoms with Crippen molar-refractivity contribution in [1.82, 2.24) is 10.2 Å². The molecule has 0 aliphatic heterocycles. The zero-order chi connectivity index (χ0) is 24.3. The summed E-state index contributed by atoms with van der Waals surface area (Å²) >= 11 is 1.27. The number of carbonyl (C=O) groups is 1. The average molecular weight is 497 g/mol. The van der Waals surface area contributed by atoms with E-state index in [-0.39, 0.29) is 18.1 Å². The summed E-state index contributed by atoms with van der Waals surface area (Å²) in [6.07, 6.45) is 1.02. The quantitative estimate of drug-likeness (QED) is 0.394. The number of sulfonamides is 1. The van der Waals surface area contributed by atoms with Crippen LogP contribution in [0.5, 0.6) is 0 Å². The minimum atomic E-state index is -3.73. The predicted octanol–water partition coefficient (Wildman–Crippen LogP) is 4.87. The van der Waals surface area contributed by atoms with Crippen molar-refractivity contribution in [3.8, 4) is 10.6 Å². The molecule has 174 valence electrons. The largest absolute Gasteiger partial charge is 0.296 e. The lowest BCUT2D eigenvalue weighted by atomic mass is 10.1.